The highest BCUT2D eigenvalue weighted by Crippen LogP contribution is 2.44. The molecule has 0 radical (unpaired) electrons. The van der Waals surface area contributed by atoms with Crippen LogP contribution in [0, 0.1) is 0 Å². The molecule has 1 aliphatic heterocycles. The molecule has 0 bridgehead atoms. The Morgan fingerprint density at radius 2 is 2.11 bits per heavy atom. The molecule has 102 valence electrons. The smallest absolute Gasteiger partial charge is 0.327 e. The summed E-state index contributed by atoms with van der Waals surface area (Å²) in [5.74, 6) is -0.942. The van der Waals surface area contributed by atoms with E-state index in [1.807, 2.05) is 0 Å². The van der Waals surface area contributed by atoms with Gasteiger partial charge < -0.3 is 10.0 Å². The van der Waals surface area contributed by atoms with Gasteiger partial charge in [0.2, 0.25) is 5.91 Å². The number of nitrogens with zero attached hydrogens (tertiary/aromatic N) is 1. The van der Waals surface area contributed by atoms with Gasteiger partial charge >= 0.3 is 5.97 Å². The number of carbonyl (C=O) groups is 2. The van der Waals surface area contributed by atoms with Crippen molar-refractivity contribution in [2.45, 2.75) is 18.3 Å². The lowest BCUT2D eigenvalue weighted by atomic mass is 10.1. The molecule has 0 spiro atoms. The molecule has 1 saturated heterocycles. The second-order valence-electron chi connectivity index (χ2n) is 4.13. The van der Waals surface area contributed by atoms with Crippen LogP contribution in [0.15, 0.2) is 18.2 Å². The predicted molar refractivity (Wildman–Crippen MR) is 75.6 cm³/mol. The summed E-state index contributed by atoms with van der Waals surface area (Å²) in [6.07, 6.45) is 0. The summed E-state index contributed by atoms with van der Waals surface area (Å²) in [5, 5.41) is 9.70. The molecule has 0 saturated carbocycles. The number of hydrogen-bond donors (Lipinski definition) is 1. The van der Waals surface area contributed by atoms with Crippen LogP contribution in [-0.2, 0) is 9.59 Å². The molecule has 1 aromatic rings. The summed E-state index contributed by atoms with van der Waals surface area (Å²) in [6, 6.07) is 4.17. The molecule has 2 rings (SSSR count). The summed E-state index contributed by atoms with van der Waals surface area (Å²) in [6.45, 7) is 1.36. The third kappa shape index (κ3) is 2.83. The third-order valence-electron chi connectivity index (χ3n) is 2.88. The van der Waals surface area contributed by atoms with Crippen molar-refractivity contribution in [2.24, 2.45) is 0 Å². The Hall–Kier alpha value is -0.910. The van der Waals surface area contributed by atoms with Gasteiger partial charge in [-0.3, -0.25) is 4.79 Å². The molecule has 19 heavy (non-hydrogen) atoms. The van der Waals surface area contributed by atoms with Gasteiger partial charge in [0.1, 0.15) is 11.4 Å². The first-order valence-corrected chi connectivity index (χ1v) is 7.30. The van der Waals surface area contributed by atoms with Crippen LogP contribution < -0.4 is 0 Å². The van der Waals surface area contributed by atoms with Gasteiger partial charge in [-0.1, -0.05) is 29.3 Å². The number of aliphatic carboxylic acids is 1. The van der Waals surface area contributed by atoms with Crippen molar-refractivity contribution in [3.05, 3.63) is 33.8 Å². The Kier molecular flexibility index (Phi) is 4.28. The fraction of sp³-hybridized carbons (Fsp3) is 0.333. The van der Waals surface area contributed by atoms with Gasteiger partial charge in [0.15, 0.2) is 0 Å². The van der Waals surface area contributed by atoms with Crippen molar-refractivity contribution in [1.29, 1.82) is 0 Å². The van der Waals surface area contributed by atoms with Crippen LogP contribution in [0.25, 0.3) is 0 Å². The Balaban J connectivity index is 2.38. The number of carbonyl (C=O) groups excluding carboxylic acids is 1. The Morgan fingerprint density at radius 3 is 2.63 bits per heavy atom. The maximum Gasteiger partial charge on any atom is 0.327 e. The molecule has 7 heteroatoms. The number of benzene rings is 1. The SMILES string of the molecule is CC(=O)N1[C@@H](C(=O)O)CS[C@@H]1c1ccc(Cl)cc1Cl. The van der Waals surface area contributed by atoms with Gasteiger partial charge in [0.05, 0.1) is 0 Å². The first kappa shape index (κ1) is 14.5. The van der Waals surface area contributed by atoms with E-state index >= 15 is 0 Å². The first-order chi connectivity index (χ1) is 8.91. The van der Waals surface area contributed by atoms with Crippen molar-refractivity contribution in [3.63, 3.8) is 0 Å². The first-order valence-electron chi connectivity index (χ1n) is 5.50. The van der Waals surface area contributed by atoms with Gasteiger partial charge in [-0.15, -0.1) is 11.8 Å². The summed E-state index contributed by atoms with van der Waals surface area (Å²) >= 11 is 13.3. The van der Waals surface area contributed by atoms with Crippen LogP contribution in [0.1, 0.15) is 17.9 Å². The Bertz CT molecular complexity index is 538. The largest absolute Gasteiger partial charge is 0.480 e. The molecule has 4 nitrogen and oxygen atoms in total. The molecule has 1 aliphatic rings. The van der Waals surface area contributed by atoms with E-state index in [2.05, 4.69) is 0 Å². The number of amides is 1. The standard InChI is InChI=1S/C12H11Cl2NO3S/c1-6(16)15-10(12(17)18)5-19-11(15)8-3-2-7(13)4-9(8)14/h2-4,10-11H,5H2,1H3,(H,17,18)/t10-,11-/m1/s1. The average Bonchev–Trinajstić information content (AvgIpc) is 2.73. The van der Waals surface area contributed by atoms with Crippen molar-refractivity contribution < 1.29 is 14.7 Å². The van der Waals surface area contributed by atoms with E-state index in [1.54, 1.807) is 18.2 Å². The van der Waals surface area contributed by atoms with Crippen LogP contribution in [0.5, 0.6) is 0 Å². The normalized spacial score (nSPS) is 22.6. The molecular weight excluding hydrogens is 309 g/mol. The van der Waals surface area contributed by atoms with Crippen LogP contribution in [0.2, 0.25) is 10.0 Å². The van der Waals surface area contributed by atoms with E-state index in [9.17, 15) is 9.59 Å². The van der Waals surface area contributed by atoms with E-state index in [4.69, 9.17) is 28.3 Å². The minimum atomic E-state index is -1.00. The lowest BCUT2D eigenvalue weighted by Crippen LogP contribution is -2.41. The highest BCUT2D eigenvalue weighted by molar-refractivity contribution is 7.99. The van der Waals surface area contributed by atoms with E-state index in [-0.39, 0.29) is 11.3 Å². The van der Waals surface area contributed by atoms with Crippen molar-refractivity contribution in [2.75, 3.05) is 5.75 Å². The van der Waals surface area contributed by atoms with E-state index in [1.165, 1.54) is 23.6 Å². The average molecular weight is 320 g/mol. The molecular formula is C12H11Cl2NO3S. The van der Waals surface area contributed by atoms with Crippen LogP contribution >= 0.6 is 35.0 Å². The minimum Gasteiger partial charge on any atom is -0.480 e. The minimum absolute atomic E-state index is 0.284. The van der Waals surface area contributed by atoms with Gasteiger partial charge in [-0.25, -0.2) is 4.79 Å². The molecule has 1 fully saturated rings. The quantitative estimate of drug-likeness (QED) is 0.910. The zero-order chi connectivity index (χ0) is 14.2. The summed E-state index contributed by atoms with van der Waals surface area (Å²) in [5.41, 5.74) is 0.704. The number of carboxylic acids is 1. The van der Waals surface area contributed by atoms with Crippen molar-refractivity contribution in [1.82, 2.24) is 4.90 Å². The number of thioether (sulfide) groups is 1. The monoisotopic (exact) mass is 319 g/mol. The number of hydrogen-bond acceptors (Lipinski definition) is 3. The van der Waals surface area contributed by atoms with E-state index < -0.39 is 12.0 Å². The predicted octanol–water partition coefficient (Wildman–Crippen LogP) is 3.04. The fourth-order valence-corrected chi connectivity index (χ4v) is 4.11. The van der Waals surface area contributed by atoms with Crippen molar-refractivity contribution >= 4 is 46.8 Å². The Morgan fingerprint density at radius 1 is 1.42 bits per heavy atom. The lowest BCUT2D eigenvalue weighted by Gasteiger charge is -2.26. The lowest BCUT2D eigenvalue weighted by molar-refractivity contribution is -0.148. The Labute approximate surface area is 124 Å². The van der Waals surface area contributed by atoms with Crippen LogP contribution in [-0.4, -0.2) is 33.7 Å². The number of rotatable bonds is 2. The number of halogens is 2. The van der Waals surface area contributed by atoms with E-state index in [0.29, 0.717) is 21.4 Å². The summed E-state index contributed by atoms with van der Waals surface area (Å²) < 4.78 is 0. The molecule has 0 aliphatic carbocycles. The van der Waals surface area contributed by atoms with Crippen LogP contribution in [0.3, 0.4) is 0 Å². The zero-order valence-corrected chi connectivity index (χ0v) is 12.3. The van der Waals surface area contributed by atoms with Gasteiger partial charge in [0.25, 0.3) is 0 Å². The zero-order valence-electron chi connectivity index (χ0n) is 9.97. The highest BCUT2D eigenvalue weighted by Gasteiger charge is 2.41. The summed E-state index contributed by atoms with van der Waals surface area (Å²) in [7, 11) is 0. The number of carboxylic acid groups (broad SMARTS) is 1. The summed E-state index contributed by atoms with van der Waals surface area (Å²) in [4.78, 5) is 24.2. The van der Waals surface area contributed by atoms with Gasteiger partial charge in [-0.2, -0.15) is 0 Å². The van der Waals surface area contributed by atoms with Crippen LogP contribution in [0.4, 0.5) is 0 Å². The fourth-order valence-electron chi connectivity index (χ4n) is 2.02. The molecule has 2 atom stereocenters. The highest BCUT2D eigenvalue weighted by atomic mass is 35.5. The van der Waals surface area contributed by atoms with Crippen molar-refractivity contribution in [3.8, 4) is 0 Å². The van der Waals surface area contributed by atoms with Gasteiger partial charge in [-0.05, 0) is 12.1 Å². The molecule has 1 aromatic carbocycles. The molecule has 1 amide bonds. The third-order valence-corrected chi connectivity index (χ3v) is 4.75. The molecule has 0 aromatic heterocycles. The van der Waals surface area contributed by atoms with Gasteiger partial charge in [0, 0.05) is 28.3 Å². The molecule has 1 N–H and O–H groups in total. The van der Waals surface area contributed by atoms with E-state index in [0.717, 1.165) is 0 Å². The molecule has 1 heterocycles. The molecule has 0 unspecified atom stereocenters. The second-order valence-corrected chi connectivity index (χ2v) is 6.09. The second kappa shape index (κ2) is 5.61. The maximum atomic E-state index is 11.7. The topological polar surface area (TPSA) is 57.6 Å². The maximum absolute atomic E-state index is 11.7.